The minimum Gasteiger partial charge on any atom is -0.313 e. The van der Waals surface area contributed by atoms with Crippen molar-refractivity contribution in [3.63, 3.8) is 0 Å². The molecule has 0 aliphatic carbocycles. The number of fused-ring (bicyclic) bond motifs is 3. The molecule has 104 valence electrons. The summed E-state index contributed by atoms with van der Waals surface area (Å²) < 4.78 is 4.26. The highest BCUT2D eigenvalue weighted by atomic mass is 35.5. The first kappa shape index (κ1) is 12.5. The lowest BCUT2D eigenvalue weighted by Crippen LogP contribution is -1.88. The Balaban J connectivity index is 2.00. The Morgan fingerprint density at radius 1 is 1.00 bits per heavy atom. The fourth-order valence-electron chi connectivity index (χ4n) is 2.76. The van der Waals surface area contributed by atoms with Crippen LogP contribution in [0.5, 0.6) is 0 Å². The Bertz CT molecular complexity index is 961. The van der Waals surface area contributed by atoms with E-state index in [0.717, 1.165) is 22.1 Å². The molecule has 0 aliphatic rings. The molecule has 0 aliphatic heterocycles. The zero-order valence-corrected chi connectivity index (χ0v) is 12.6. The van der Waals surface area contributed by atoms with Crippen LogP contribution in [0.2, 0.25) is 5.02 Å². The normalized spacial score (nSPS) is 11.6. The van der Waals surface area contributed by atoms with Gasteiger partial charge in [0.15, 0.2) is 0 Å². The second-order valence-electron chi connectivity index (χ2n) is 5.35. The molecule has 0 saturated carbocycles. The zero-order chi connectivity index (χ0) is 14.6. The topological polar surface area (TPSA) is 22.2 Å². The average molecular weight is 296 g/mol. The van der Waals surface area contributed by atoms with Crippen LogP contribution in [-0.4, -0.2) is 14.0 Å². The van der Waals surface area contributed by atoms with E-state index in [-0.39, 0.29) is 0 Å². The molecule has 2 heterocycles. The van der Waals surface area contributed by atoms with Gasteiger partial charge in [0.25, 0.3) is 0 Å². The van der Waals surface area contributed by atoms with Crippen LogP contribution in [0.4, 0.5) is 0 Å². The van der Waals surface area contributed by atoms with Gasteiger partial charge >= 0.3 is 0 Å². The first-order valence-electron chi connectivity index (χ1n) is 6.83. The van der Waals surface area contributed by atoms with Gasteiger partial charge in [0.05, 0.1) is 16.7 Å². The van der Waals surface area contributed by atoms with Crippen LogP contribution < -0.4 is 0 Å². The molecule has 4 aromatic rings. The predicted octanol–water partition coefficient (Wildman–Crippen LogP) is 4.45. The van der Waals surface area contributed by atoms with Crippen molar-refractivity contribution < 1.29 is 0 Å². The first-order chi connectivity index (χ1) is 10.1. The van der Waals surface area contributed by atoms with Gasteiger partial charge in [-0.1, -0.05) is 29.8 Å². The maximum Gasteiger partial charge on any atom is 0.215 e. The van der Waals surface area contributed by atoms with E-state index >= 15 is 0 Å². The van der Waals surface area contributed by atoms with E-state index in [1.807, 2.05) is 31.3 Å². The first-order valence-corrected chi connectivity index (χ1v) is 7.21. The molecule has 0 fully saturated rings. The molecule has 0 radical (unpaired) electrons. The minimum absolute atomic E-state index is 0.739. The van der Waals surface area contributed by atoms with Crippen molar-refractivity contribution in [2.75, 3.05) is 0 Å². The second kappa shape index (κ2) is 4.37. The van der Waals surface area contributed by atoms with Gasteiger partial charge in [-0.3, -0.25) is 4.40 Å². The third-order valence-electron chi connectivity index (χ3n) is 3.88. The molecule has 0 atom stereocenters. The summed E-state index contributed by atoms with van der Waals surface area (Å²) in [6.07, 6.45) is 2.08. The van der Waals surface area contributed by atoms with Crippen LogP contribution in [0, 0.1) is 6.92 Å². The quantitative estimate of drug-likeness (QED) is 0.508. The number of hydrogen-bond donors (Lipinski definition) is 0. The standard InChI is InChI=1S/C17H14ClN3/c1-11-3-8-15-16(9-11)21-10-14(19-17(21)20(15)2)12-4-6-13(18)7-5-12/h3-10H,1-2H3. The van der Waals surface area contributed by atoms with Crippen molar-refractivity contribution in [3.8, 4) is 11.3 Å². The molecule has 21 heavy (non-hydrogen) atoms. The number of rotatable bonds is 1. The molecule has 0 spiro atoms. The van der Waals surface area contributed by atoms with Gasteiger partial charge in [-0.2, -0.15) is 0 Å². The van der Waals surface area contributed by atoms with Crippen molar-refractivity contribution in [2.45, 2.75) is 6.92 Å². The number of benzene rings is 2. The molecule has 3 nitrogen and oxygen atoms in total. The summed E-state index contributed by atoms with van der Waals surface area (Å²) in [6, 6.07) is 14.2. The lowest BCUT2D eigenvalue weighted by molar-refractivity contribution is 0.970. The van der Waals surface area contributed by atoms with Gasteiger partial charge in [-0.05, 0) is 36.8 Å². The molecule has 2 aromatic carbocycles. The highest BCUT2D eigenvalue weighted by Crippen LogP contribution is 2.26. The molecule has 2 aromatic heterocycles. The van der Waals surface area contributed by atoms with Gasteiger partial charge in [0, 0.05) is 23.8 Å². The Labute approximate surface area is 127 Å². The number of imidazole rings is 2. The molecule has 4 rings (SSSR count). The van der Waals surface area contributed by atoms with Crippen LogP contribution in [0.15, 0.2) is 48.7 Å². The van der Waals surface area contributed by atoms with E-state index in [2.05, 4.69) is 40.3 Å². The molecular weight excluding hydrogens is 282 g/mol. The lowest BCUT2D eigenvalue weighted by atomic mass is 10.2. The molecule has 4 heteroatoms. The van der Waals surface area contributed by atoms with Gasteiger partial charge < -0.3 is 4.57 Å². The van der Waals surface area contributed by atoms with E-state index in [1.165, 1.54) is 16.6 Å². The van der Waals surface area contributed by atoms with Gasteiger partial charge in [0.1, 0.15) is 0 Å². The van der Waals surface area contributed by atoms with Crippen LogP contribution in [0.3, 0.4) is 0 Å². The Morgan fingerprint density at radius 3 is 2.52 bits per heavy atom. The zero-order valence-electron chi connectivity index (χ0n) is 11.8. The van der Waals surface area contributed by atoms with Gasteiger partial charge in [0.2, 0.25) is 5.78 Å². The van der Waals surface area contributed by atoms with Crippen LogP contribution in [0.1, 0.15) is 5.56 Å². The summed E-state index contributed by atoms with van der Waals surface area (Å²) in [7, 11) is 2.05. The Kier molecular flexibility index (Phi) is 2.59. The molecule has 0 saturated heterocycles. The average Bonchev–Trinajstić information content (AvgIpc) is 3.01. The van der Waals surface area contributed by atoms with Crippen molar-refractivity contribution in [2.24, 2.45) is 7.05 Å². The number of halogens is 1. The fourth-order valence-corrected chi connectivity index (χ4v) is 2.89. The van der Waals surface area contributed by atoms with Crippen LogP contribution in [-0.2, 0) is 7.05 Å². The molecule has 0 bridgehead atoms. The van der Waals surface area contributed by atoms with E-state index in [9.17, 15) is 0 Å². The molecular formula is C17H14ClN3. The van der Waals surface area contributed by atoms with E-state index < -0.39 is 0 Å². The SMILES string of the molecule is Cc1ccc2c(c1)n1cc(-c3ccc(Cl)cc3)nc1n2C. The van der Waals surface area contributed by atoms with E-state index in [4.69, 9.17) is 16.6 Å². The number of aromatic nitrogens is 3. The maximum absolute atomic E-state index is 5.95. The molecule has 0 amide bonds. The van der Waals surface area contributed by atoms with Crippen molar-refractivity contribution in [1.29, 1.82) is 0 Å². The number of aryl methyl sites for hydroxylation is 2. The highest BCUT2D eigenvalue weighted by Gasteiger charge is 2.12. The summed E-state index contributed by atoms with van der Waals surface area (Å²) in [5.41, 5.74) is 5.65. The molecule has 0 unspecified atom stereocenters. The molecule has 0 N–H and O–H groups in total. The summed E-state index contributed by atoms with van der Waals surface area (Å²) in [6.45, 7) is 2.11. The number of nitrogens with zero attached hydrogens (tertiary/aromatic N) is 3. The summed E-state index contributed by atoms with van der Waals surface area (Å²) in [5, 5.41) is 0.739. The third-order valence-corrected chi connectivity index (χ3v) is 4.13. The summed E-state index contributed by atoms with van der Waals surface area (Å²) >= 11 is 5.95. The smallest absolute Gasteiger partial charge is 0.215 e. The monoisotopic (exact) mass is 295 g/mol. The van der Waals surface area contributed by atoms with Crippen LogP contribution in [0.25, 0.3) is 28.1 Å². The highest BCUT2D eigenvalue weighted by molar-refractivity contribution is 6.30. The summed E-state index contributed by atoms with van der Waals surface area (Å²) in [5.74, 6) is 0.945. The number of hydrogen-bond acceptors (Lipinski definition) is 1. The van der Waals surface area contributed by atoms with Crippen LogP contribution >= 0.6 is 11.6 Å². The largest absolute Gasteiger partial charge is 0.313 e. The van der Waals surface area contributed by atoms with Gasteiger partial charge in [-0.15, -0.1) is 0 Å². The second-order valence-corrected chi connectivity index (χ2v) is 5.79. The Hall–Kier alpha value is -2.26. The Morgan fingerprint density at radius 2 is 1.76 bits per heavy atom. The van der Waals surface area contributed by atoms with Crippen molar-refractivity contribution in [1.82, 2.24) is 14.0 Å². The van der Waals surface area contributed by atoms with E-state index in [1.54, 1.807) is 0 Å². The minimum atomic E-state index is 0.739. The van der Waals surface area contributed by atoms with E-state index in [0.29, 0.717) is 0 Å². The van der Waals surface area contributed by atoms with Gasteiger partial charge in [-0.25, -0.2) is 4.98 Å². The lowest BCUT2D eigenvalue weighted by Gasteiger charge is -1.98. The third kappa shape index (κ3) is 1.85. The maximum atomic E-state index is 5.95. The predicted molar refractivity (Wildman–Crippen MR) is 86.9 cm³/mol. The fraction of sp³-hybridized carbons (Fsp3) is 0.118. The summed E-state index contributed by atoms with van der Waals surface area (Å²) in [4.78, 5) is 4.76. The van der Waals surface area contributed by atoms with Crippen molar-refractivity contribution >= 4 is 28.4 Å². The van der Waals surface area contributed by atoms with Crippen molar-refractivity contribution in [3.05, 3.63) is 59.2 Å².